The van der Waals surface area contributed by atoms with E-state index in [9.17, 15) is 8.78 Å². The molecule has 5 heteroatoms. The van der Waals surface area contributed by atoms with Crippen molar-refractivity contribution in [2.75, 3.05) is 0 Å². The Hall–Kier alpha value is -2.30. The van der Waals surface area contributed by atoms with E-state index in [1.165, 1.54) is 24.4 Å². The Kier molecular flexibility index (Phi) is 2.97. The van der Waals surface area contributed by atoms with Gasteiger partial charge in [0.25, 0.3) is 0 Å². The predicted molar refractivity (Wildman–Crippen MR) is 72.5 cm³/mol. The Bertz CT molecular complexity index is 654. The van der Waals surface area contributed by atoms with Crippen molar-refractivity contribution in [1.82, 2.24) is 10.3 Å². The number of rotatable bonds is 2. The lowest BCUT2D eigenvalue weighted by Crippen LogP contribution is -2.45. The lowest BCUT2D eigenvalue weighted by Gasteiger charge is -2.34. The van der Waals surface area contributed by atoms with Crippen molar-refractivity contribution in [3.63, 3.8) is 0 Å². The molecule has 1 aliphatic rings. The number of hydrogen-bond donors (Lipinski definition) is 1. The van der Waals surface area contributed by atoms with Crippen molar-refractivity contribution in [3.8, 4) is 0 Å². The Morgan fingerprint density at radius 1 is 1.10 bits per heavy atom. The SMILES string of the molecule is C[C@@H]1N=CN[C@]1(c1ccc(F)cc1)c1ccnc(F)c1. The largest absolute Gasteiger partial charge is 0.361 e. The fourth-order valence-electron chi connectivity index (χ4n) is 2.66. The number of pyridine rings is 1. The van der Waals surface area contributed by atoms with Crippen molar-refractivity contribution in [1.29, 1.82) is 0 Å². The second-order valence-electron chi connectivity index (χ2n) is 4.78. The summed E-state index contributed by atoms with van der Waals surface area (Å²) < 4.78 is 26.6. The molecule has 1 N–H and O–H groups in total. The van der Waals surface area contributed by atoms with Gasteiger partial charge in [-0.1, -0.05) is 12.1 Å². The minimum atomic E-state index is -0.697. The van der Waals surface area contributed by atoms with Crippen LogP contribution in [0.15, 0.2) is 47.6 Å². The van der Waals surface area contributed by atoms with Crippen LogP contribution in [0.4, 0.5) is 8.78 Å². The molecule has 0 saturated carbocycles. The summed E-state index contributed by atoms with van der Waals surface area (Å²) in [5, 5.41) is 3.19. The quantitative estimate of drug-likeness (QED) is 0.854. The van der Waals surface area contributed by atoms with Crippen LogP contribution < -0.4 is 5.32 Å². The van der Waals surface area contributed by atoms with Gasteiger partial charge in [0, 0.05) is 6.20 Å². The summed E-state index contributed by atoms with van der Waals surface area (Å²) in [4.78, 5) is 7.90. The molecule has 0 bridgehead atoms. The minimum Gasteiger partial charge on any atom is -0.361 e. The highest BCUT2D eigenvalue weighted by molar-refractivity contribution is 5.64. The summed E-state index contributed by atoms with van der Waals surface area (Å²) in [6.07, 6.45) is 3.02. The molecule has 102 valence electrons. The summed E-state index contributed by atoms with van der Waals surface area (Å²) >= 11 is 0. The highest BCUT2D eigenvalue weighted by Crippen LogP contribution is 2.36. The van der Waals surface area contributed by atoms with E-state index in [1.54, 1.807) is 24.5 Å². The molecular formula is C15H13F2N3. The number of hydrogen-bond acceptors (Lipinski definition) is 3. The van der Waals surface area contributed by atoms with Crippen LogP contribution in [0.1, 0.15) is 18.1 Å². The van der Waals surface area contributed by atoms with Crippen LogP contribution in [0, 0.1) is 11.8 Å². The van der Waals surface area contributed by atoms with Crippen molar-refractivity contribution in [2.24, 2.45) is 4.99 Å². The lowest BCUT2D eigenvalue weighted by molar-refractivity contribution is 0.430. The number of aliphatic imine (C=N–C) groups is 1. The third-order valence-electron chi connectivity index (χ3n) is 3.70. The topological polar surface area (TPSA) is 37.3 Å². The molecule has 0 fully saturated rings. The van der Waals surface area contributed by atoms with Gasteiger partial charge in [0.05, 0.1) is 12.4 Å². The number of nitrogens with zero attached hydrogens (tertiary/aromatic N) is 2. The maximum absolute atomic E-state index is 13.5. The van der Waals surface area contributed by atoms with Crippen LogP contribution in [0.2, 0.25) is 0 Å². The molecule has 1 aromatic carbocycles. The van der Waals surface area contributed by atoms with Gasteiger partial charge in [-0.2, -0.15) is 4.39 Å². The molecule has 3 rings (SSSR count). The van der Waals surface area contributed by atoms with Gasteiger partial charge in [0.15, 0.2) is 0 Å². The molecule has 0 radical (unpaired) electrons. The summed E-state index contributed by atoms with van der Waals surface area (Å²) in [5.74, 6) is -0.860. The highest BCUT2D eigenvalue weighted by atomic mass is 19.1. The van der Waals surface area contributed by atoms with Crippen molar-refractivity contribution < 1.29 is 8.78 Å². The number of halogens is 2. The van der Waals surface area contributed by atoms with E-state index in [1.807, 2.05) is 6.92 Å². The average Bonchev–Trinajstić information content (AvgIpc) is 2.82. The first kappa shape index (κ1) is 12.7. The number of aromatic nitrogens is 1. The lowest BCUT2D eigenvalue weighted by atomic mass is 9.79. The zero-order valence-corrected chi connectivity index (χ0v) is 10.8. The Morgan fingerprint density at radius 2 is 1.85 bits per heavy atom. The molecule has 2 aromatic rings. The molecule has 0 spiro atoms. The van der Waals surface area contributed by atoms with Crippen LogP contribution in [0.3, 0.4) is 0 Å². The summed E-state index contributed by atoms with van der Waals surface area (Å²) in [6, 6.07) is 9.13. The van der Waals surface area contributed by atoms with Gasteiger partial charge in [-0.3, -0.25) is 4.99 Å². The third-order valence-corrected chi connectivity index (χ3v) is 3.70. The normalized spacial score (nSPS) is 24.6. The Balaban J connectivity index is 2.17. The second kappa shape index (κ2) is 4.67. The Morgan fingerprint density at radius 3 is 2.45 bits per heavy atom. The number of nitrogens with one attached hydrogen (secondary N) is 1. The van der Waals surface area contributed by atoms with E-state index in [0.29, 0.717) is 5.56 Å². The summed E-state index contributed by atoms with van der Waals surface area (Å²) in [5.41, 5.74) is 0.841. The third kappa shape index (κ3) is 1.86. The molecule has 0 amide bonds. The molecule has 0 unspecified atom stereocenters. The molecule has 0 saturated heterocycles. The van der Waals surface area contributed by atoms with E-state index in [2.05, 4.69) is 15.3 Å². The predicted octanol–water partition coefficient (Wildman–Crippen LogP) is 2.62. The van der Waals surface area contributed by atoms with E-state index in [0.717, 1.165) is 5.56 Å². The first-order chi connectivity index (χ1) is 9.63. The smallest absolute Gasteiger partial charge is 0.213 e. The monoisotopic (exact) mass is 273 g/mol. The maximum atomic E-state index is 13.5. The first-order valence-electron chi connectivity index (χ1n) is 6.30. The van der Waals surface area contributed by atoms with Gasteiger partial charge in [0.2, 0.25) is 5.95 Å². The maximum Gasteiger partial charge on any atom is 0.213 e. The molecule has 2 atom stereocenters. The van der Waals surface area contributed by atoms with Gasteiger partial charge in [0.1, 0.15) is 11.4 Å². The van der Waals surface area contributed by atoms with E-state index in [4.69, 9.17) is 0 Å². The zero-order chi connectivity index (χ0) is 14.2. The van der Waals surface area contributed by atoms with Crippen LogP contribution in [-0.2, 0) is 5.54 Å². The zero-order valence-electron chi connectivity index (χ0n) is 10.8. The van der Waals surface area contributed by atoms with Gasteiger partial charge in [-0.15, -0.1) is 0 Å². The van der Waals surface area contributed by atoms with Crippen LogP contribution in [0.25, 0.3) is 0 Å². The molecule has 1 aliphatic heterocycles. The molecule has 20 heavy (non-hydrogen) atoms. The number of benzene rings is 1. The first-order valence-corrected chi connectivity index (χ1v) is 6.30. The van der Waals surface area contributed by atoms with Gasteiger partial charge >= 0.3 is 0 Å². The van der Waals surface area contributed by atoms with E-state index < -0.39 is 11.5 Å². The van der Waals surface area contributed by atoms with Crippen LogP contribution >= 0.6 is 0 Å². The Labute approximate surface area is 115 Å². The molecule has 2 heterocycles. The summed E-state index contributed by atoms with van der Waals surface area (Å²) in [7, 11) is 0. The van der Waals surface area contributed by atoms with Crippen molar-refractivity contribution in [3.05, 3.63) is 65.5 Å². The van der Waals surface area contributed by atoms with Gasteiger partial charge in [-0.25, -0.2) is 9.37 Å². The molecule has 3 nitrogen and oxygen atoms in total. The summed E-state index contributed by atoms with van der Waals surface area (Å²) in [6.45, 7) is 1.93. The van der Waals surface area contributed by atoms with Gasteiger partial charge in [-0.05, 0) is 42.3 Å². The highest BCUT2D eigenvalue weighted by Gasteiger charge is 2.42. The molecule has 1 aromatic heterocycles. The van der Waals surface area contributed by atoms with E-state index in [-0.39, 0.29) is 11.9 Å². The van der Waals surface area contributed by atoms with Gasteiger partial charge < -0.3 is 5.32 Å². The molecule has 0 aliphatic carbocycles. The average molecular weight is 273 g/mol. The van der Waals surface area contributed by atoms with Crippen molar-refractivity contribution in [2.45, 2.75) is 18.5 Å². The van der Waals surface area contributed by atoms with Crippen LogP contribution in [-0.4, -0.2) is 17.4 Å². The molecular weight excluding hydrogens is 260 g/mol. The van der Waals surface area contributed by atoms with Crippen molar-refractivity contribution >= 4 is 6.34 Å². The fraction of sp³-hybridized carbons (Fsp3) is 0.200. The standard InChI is InChI=1S/C15H13F2N3/c1-10-15(20-9-19-10,11-2-4-13(16)5-3-11)12-6-7-18-14(17)8-12/h2-10H,1H3,(H,19,20)/t10-,15+/m0/s1. The second-order valence-corrected chi connectivity index (χ2v) is 4.78. The van der Waals surface area contributed by atoms with E-state index >= 15 is 0 Å². The fourth-order valence-corrected chi connectivity index (χ4v) is 2.66. The minimum absolute atomic E-state index is 0.144. The van der Waals surface area contributed by atoms with Crippen LogP contribution in [0.5, 0.6) is 0 Å².